The number of carbonyl (C=O) groups is 3. The first-order valence-corrected chi connectivity index (χ1v) is 12.5. The molecule has 0 aliphatic carbocycles. The number of urea groups is 1. The molecule has 0 spiro atoms. The van der Waals surface area contributed by atoms with Crippen molar-refractivity contribution in [3.05, 3.63) is 93.1 Å². The van der Waals surface area contributed by atoms with Crippen molar-refractivity contribution < 1.29 is 23.9 Å². The molecule has 0 atom stereocenters. The fourth-order valence-corrected chi connectivity index (χ4v) is 4.21. The molecule has 1 saturated heterocycles. The molecule has 0 bridgehead atoms. The van der Waals surface area contributed by atoms with Crippen molar-refractivity contribution in [2.45, 2.75) is 20.5 Å². The second-order valence-electron chi connectivity index (χ2n) is 8.46. The maximum Gasteiger partial charge on any atom is 0.329 e. The number of amides is 4. The highest BCUT2D eigenvalue weighted by Gasteiger charge is 2.35. The number of halogens is 2. The maximum absolute atomic E-state index is 12.9. The third-order valence-corrected chi connectivity index (χ3v) is 6.13. The Morgan fingerprint density at radius 1 is 1.03 bits per heavy atom. The fourth-order valence-electron chi connectivity index (χ4n) is 3.75. The average Bonchev–Trinajstić information content (AvgIpc) is 3.12. The number of hydrogen-bond acceptors (Lipinski definition) is 5. The van der Waals surface area contributed by atoms with Gasteiger partial charge in [-0.3, -0.25) is 9.59 Å². The zero-order valence-corrected chi connectivity index (χ0v) is 22.2. The number of imide groups is 1. The van der Waals surface area contributed by atoms with Gasteiger partial charge in [-0.1, -0.05) is 47.5 Å². The quantitative estimate of drug-likeness (QED) is 0.257. The topological polar surface area (TPSA) is 97.0 Å². The monoisotopic (exact) mass is 553 g/mol. The lowest BCUT2D eigenvalue weighted by atomic mass is 10.1. The first-order chi connectivity index (χ1) is 18.2. The Morgan fingerprint density at radius 2 is 1.84 bits per heavy atom. The Bertz CT molecular complexity index is 1420. The summed E-state index contributed by atoms with van der Waals surface area (Å²) < 4.78 is 11.6. The molecule has 4 rings (SSSR count). The Kier molecular flexibility index (Phi) is 8.55. The predicted octanol–water partition coefficient (Wildman–Crippen LogP) is 5.81. The van der Waals surface area contributed by atoms with Gasteiger partial charge in [0.05, 0.1) is 6.61 Å². The van der Waals surface area contributed by atoms with Crippen LogP contribution in [0.4, 0.5) is 10.5 Å². The smallest absolute Gasteiger partial charge is 0.329 e. The number of hydrogen-bond donors (Lipinski definition) is 2. The lowest BCUT2D eigenvalue weighted by Crippen LogP contribution is -2.38. The minimum absolute atomic E-state index is 0.0439. The standard InChI is InChI=1S/C28H25Cl2N3O5/c1-3-37-25-13-18(7-10-24(25)38-16-19-8-9-20(29)14-22(19)30)12-23-27(35)33(28(36)32-23)15-26(34)31-21-6-4-5-17(2)11-21/h4-14H,3,15-16H2,1-2H3,(H,31,34)(H,32,36)/b23-12+. The Morgan fingerprint density at radius 3 is 2.58 bits per heavy atom. The summed E-state index contributed by atoms with van der Waals surface area (Å²) in [5, 5.41) is 6.24. The Hall–Kier alpha value is -4.01. The highest BCUT2D eigenvalue weighted by atomic mass is 35.5. The van der Waals surface area contributed by atoms with Gasteiger partial charge in [-0.15, -0.1) is 0 Å². The van der Waals surface area contributed by atoms with E-state index in [1.807, 2.05) is 19.9 Å². The van der Waals surface area contributed by atoms with Gasteiger partial charge in [0.2, 0.25) is 5.91 Å². The summed E-state index contributed by atoms with van der Waals surface area (Å²) in [5.74, 6) is -0.152. The van der Waals surface area contributed by atoms with Gasteiger partial charge in [-0.05, 0) is 67.4 Å². The van der Waals surface area contributed by atoms with E-state index >= 15 is 0 Å². The van der Waals surface area contributed by atoms with Gasteiger partial charge in [0, 0.05) is 21.3 Å². The summed E-state index contributed by atoms with van der Waals surface area (Å²) in [6, 6.07) is 16.8. The van der Waals surface area contributed by atoms with E-state index in [4.69, 9.17) is 32.7 Å². The van der Waals surface area contributed by atoms with Gasteiger partial charge in [0.1, 0.15) is 18.8 Å². The van der Waals surface area contributed by atoms with E-state index in [2.05, 4.69) is 10.6 Å². The number of carbonyl (C=O) groups excluding carboxylic acids is 3. The molecule has 0 unspecified atom stereocenters. The minimum atomic E-state index is -0.675. The lowest BCUT2D eigenvalue weighted by Gasteiger charge is -2.13. The van der Waals surface area contributed by atoms with Crippen LogP contribution in [0.3, 0.4) is 0 Å². The molecule has 0 saturated carbocycles. The second kappa shape index (κ2) is 12.0. The van der Waals surface area contributed by atoms with Gasteiger partial charge in [0.15, 0.2) is 11.5 Å². The summed E-state index contributed by atoms with van der Waals surface area (Å²) in [7, 11) is 0. The molecule has 3 aromatic carbocycles. The summed E-state index contributed by atoms with van der Waals surface area (Å²) in [6.07, 6.45) is 1.51. The fraction of sp³-hybridized carbons (Fsp3) is 0.179. The van der Waals surface area contributed by atoms with Crippen molar-refractivity contribution in [2.24, 2.45) is 0 Å². The first kappa shape index (κ1) is 27.0. The number of rotatable bonds is 9. The molecule has 1 heterocycles. The minimum Gasteiger partial charge on any atom is -0.490 e. The van der Waals surface area contributed by atoms with E-state index in [0.29, 0.717) is 39.4 Å². The van der Waals surface area contributed by atoms with E-state index < -0.39 is 24.4 Å². The van der Waals surface area contributed by atoms with Gasteiger partial charge < -0.3 is 20.1 Å². The zero-order chi connectivity index (χ0) is 27.2. The van der Waals surface area contributed by atoms with Crippen LogP contribution in [0.1, 0.15) is 23.6 Å². The third kappa shape index (κ3) is 6.65. The lowest BCUT2D eigenvalue weighted by molar-refractivity contribution is -0.127. The summed E-state index contributed by atoms with van der Waals surface area (Å²) in [4.78, 5) is 38.6. The third-order valence-electron chi connectivity index (χ3n) is 5.54. The maximum atomic E-state index is 12.9. The molecule has 1 aliphatic heterocycles. The van der Waals surface area contributed by atoms with Gasteiger partial charge >= 0.3 is 6.03 Å². The molecule has 4 amide bonds. The molecular weight excluding hydrogens is 529 g/mol. The van der Waals surface area contributed by atoms with Crippen LogP contribution in [0.25, 0.3) is 6.08 Å². The molecule has 0 radical (unpaired) electrons. The van der Waals surface area contributed by atoms with Gasteiger partial charge in [-0.2, -0.15) is 0 Å². The van der Waals surface area contributed by atoms with Crippen LogP contribution < -0.4 is 20.1 Å². The molecular formula is C28H25Cl2N3O5. The number of ether oxygens (including phenoxy) is 2. The van der Waals surface area contributed by atoms with Crippen LogP contribution in [0.15, 0.2) is 66.4 Å². The van der Waals surface area contributed by atoms with E-state index in [9.17, 15) is 14.4 Å². The molecule has 196 valence electrons. The summed E-state index contributed by atoms with van der Waals surface area (Å²) >= 11 is 12.2. The summed E-state index contributed by atoms with van der Waals surface area (Å²) in [5.41, 5.74) is 2.96. The highest BCUT2D eigenvalue weighted by Crippen LogP contribution is 2.31. The zero-order valence-electron chi connectivity index (χ0n) is 20.7. The average molecular weight is 554 g/mol. The summed E-state index contributed by atoms with van der Waals surface area (Å²) in [6.45, 7) is 3.91. The van der Waals surface area contributed by atoms with Crippen LogP contribution in [-0.2, 0) is 16.2 Å². The number of anilines is 1. The molecule has 0 aromatic heterocycles. The molecule has 38 heavy (non-hydrogen) atoms. The predicted molar refractivity (Wildman–Crippen MR) is 146 cm³/mol. The van der Waals surface area contributed by atoms with Crippen LogP contribution >= 0.6 is 23.2 Å². The number of nitrogens with one attached hydrogen (secondary N) is 2. The molecule has 10 heteroatoms. The molecule has 1 aliphatic rings. The SMILES string of the molecule is CCOc1cc(/C=C2/NC(=O)N(CC(=O)Nc3cccc(C)c3)C2=O)ccc1OCc1ccc(Cl)cc1Cl. The Balaban J connectivity index is 1.45. The van der Waals surface area contributed by atoms with Crippen molar-refractivity contribution in [2.75, 3.05) is 18.5 Å². The van der Waals surface area contributed by atoms with Crippen molar-refractivity contribution in [3.63, 3.8) is 0 Å². The van der Waals surface area contributed by atoms with Crippen molar-refractivity contribution in [1.82, 2.24) is 10.2 Å². The van der Waals surface area contributed by atoms with Crippen molar-refractivity contribution in [1.29, 1.82) is 0 Å². The van der Waals surface area contributed by atoms with Crippen LogP contribution in [0, 0.1) is 6.92 Å². The van der Waals surface area contributed by atoms with Crippen molar-refractivity contribution >= 4 is 52.8 Å². The van der Waals surface area contributed by atoms with Gasteiger partial charge in [0.25, 0.3) is 5.91 Å². The molecule has 8 nitrogen and oxygen atoms in total. The van der Waals surface area contributed by atoms with E-state index in [1.54, 1.807) is 54.6 Å². The first-order valence-electron chi connectivity index (χ1n) is 11.8. The van der Waals surface area contributed by atoms with Crippen LogP contribution in [-0.4, -0.2) is 35.9 Å². The van der Waals surface area contributed by atoms with E-state index in [0.717, 1.165) is 16.0 Å². The second-order valence-corrected chi connectivity index (χ2v) is 9.30. The van der Waals surface area contributed by atoms with E-state index in [-0.39, 0.29) is 12.3 Å². The number of benzene rings is 3. The largest absolute Gasteiger partial charge is 0.490 e. The number of nitrogens with zero attached hydrogens (tertiary/aromatic N) is 1. The van der Waals surface area contributed by atoms with Crippen molar-refractivity contribution in [3.8, 4) is 11.5 Å². The van der Waals surface area contributed by atoms with E-state index in [1.165, 1.54) is 6.08 Å². The van der Waals surface area contributed by atoms with Gasteiger partial charge in [-0.25, -0.2) is 9.69 Å². The van der Waals surface area contributed by atoms with Crippen LogP contribution in [0.2, 0.25) is 10.0 Å². The molecule has 3 aromatic rings. The normalized spacial score (nSPS) is 14.0. The highest BCUT2D eigenvalue weighted by molar-refractivity contribution is 6.35. The Labute approximate surface area is 230 Å². The number of aryl methyl sites for hydroxylation is 1. The van der Waals surface area contributed by atoms with Crippen LogP contribution in [0.5, 0.6) is 11.5 Å². The molecule has 2 N–H and O–H groups in total. The molecule has 1 fully saturated rings.